The quantitative estimate of drug-likeness (QED) is 0.496. The molecule has 8 nitrogen and oxygen atoms in total. The molecule has 0 fully saturated rings. The number of thiazole rings is 1. The number of nitrogens with zero attached hydrogens (tertiary/aromatic N) is 2. The van der Waals surface area contributed by atoms with Gasteiger partial charge in [-0.3, -0.25) is 9.59 Å². The monoisotopic (exact) mass is 425 g/mol. The Hall–Kier alpha value is -3.59. The Morgan fingerprint density at radius 3 is 2.57 bits per heavy atom. The van der Waals surface area contributed by atoms with E-state index >= 15 is 0 Å². The average molecular weight is 425 g/mol. The highest BCUT2D eigenvalue weighted by Gasteiger charge is 2.17. The summed E-state index contributed by atoms with van der Waals surface area (Å²) in [6.45, 7) is -0.0913. The third-order valence-electron chi connectivity index (χ3n) is 4.72. The molecule has 154 valence electrons. The number of rotatable bonds is 5. The molecule has 0 atom stereocenters. The van der Waals surface area contributed by atoms with Crippen molar-refractivity contribution in [1.82, 2.24) is 9.55 Å². The Balaban J connectivity index is 1.90. The molecular formula is C21H19N3O5S. The maximum Gasteiger partial charge on any atom is 0.325 e. The van der Waals surface area contributed by atoms with Crippen molar-refractivity contribution in [2.45, 2.75) is 6.54 Å². The van der Waals surface area contributed by atoms with Crippen LogP contribution in [0.25, 0.3) is 21.1 Å². The summed E-state index contributed by atoms with van der Waals surface area (Å²) in [4.78, 5) is 32.7. The smallest absolute Gasteiger partial charge is 0.325 e. The van der Waals surface area contributed by atoms with Crippen molar-refractivity contribution in [1.29, 1.82) is 0 Å². The number of carbonyl (C=O) groups excluding carboxylic acids is 2. The highest BCUT2D eigenvalue weighted by Crippen LogP contribution is 2.33. The van der Waals surface area contributed by atoms with E-state index in [1.54, 1.807) is 30.0 Å². The number of fused-ring (bicyclic) bond motifs is 2. The van der Waals surface area contributed by atoms with Crippen LogP contribution in [0.3, 0.4) is 0 Å². The number of ether oxygens (including phenoxy) is 3. The zero-order valence-corrected chi connectivity index (χ0v) is 17.4. The first kappa shape index (κ1) is 19.7. The molecule has 0 radical (unpaired) electrons. The van der Waals surface area contributed by atoms with Gasteiger partial charge in [-0.2, -0.15) is 4.99 Å². The second-order valence-electron chi connectivity index (χ2n) is 6.39. The van der Waals surface area contributed by atoms with Crippen molar-refractivity contribution < 1.29 is 23.8 Å². The SMILES string of the molecule is COC(=O)Cn1c(=NC(=O)c2c[nH]c3ccccc23)sc2cc(OC)c(OC)cc21. The van der Waals surface area contributed by atoms with Crippen LogP contribution in [-0.2, 0) is 16.1 Å². The molecule has 0 aliphatic heterocycles. The highest BCUT2D eigenvalue weighted by molar-refractivity contribution is 7.16. The molecule has 9 heteroatoms. The maximum absolute atomic E-state index is 13.0. The van der Waals surface area contributed by atoms with Crippen molar-refractivity contribution in [2.24, 2.45) is 4.99 Å². The third-order valence-corrected chi connectivity index (χ3v) is 5.76. The molecule has 2 aromatic carbocycles. The molecule has 0 unspecified atom stereocenters. The lowest BCUT2D eigenvalue weighted by molar-refractivity contribution is -0.141. The van der Waals surface area contributed by atoms with Gasteiger partial charge in [0.25, 0.3) is 5.91 Å². The van der Waals surface area contributed by atoms with E-state index < -0.39 is 11.9 Å². The lowest BCUT2D eigenvalue weighted by Crippen LogP contribution is -2.22. The molecule has 1 N–H and O–H groups in total. The molecule has 2 heterocycles. The molecule has 0 saturated heterocycles. The lowest BCUT2D eigenvalue weighted by atomic mass is 10.2. The standard InChI is InChI=1S/C21H19N3O5S/c1-27-16-8-15-18(9-17(16)28-2)30-21(24(15)11-19(25)29-3)23-20(26)13-10-22-14-7-5-4-6-12(13)14/h4-10,22H,11H2,1-3H3. The number of benzene rings is 2. The predicted octanol–water partition coefficient (Wildman–Crippen LogP) is 3.12. The van der Waals surface area contributed by atoms with Gasteiger partial charge >= 0.3 is 5.97 Å². The van der Waals surface area contributed by atoms with Gasteiger partial charge in [0.1, 0.15) is 6.54 Å². The van der Waals surface area contributed by atoms with E-state index in [9.17, 15) is 9.59 Å². The number of carbonyl (C=O) groups is 2. The second-order valence-corrected chi connectivity index (χ2v) is 7.40. The van der Waals surface area contributed by atoms with Gasteiger partial charge in [-0.25, -0.2) is 0 Å². The fourth-order valence-electron chi connectivity index (χ4n) is 3.22. The summed E-state index contributed by atoms with van der Waals surface area (Å²) in [5, 5.41) is 0.787. The van der Waals surface area contributed by atoms with Crippen LogP contribution in [0.4, 0.5) is 0 Å². The summed E-state index contributed by atoms with van der Waals surface area (Å²) in [6.07, 6.45) is 1.64. The van der Waals surface area contributed by atoms with Gasteiger partial charge in [0.15, 0.2) is 16.3 Å². The molecule has 0 spiro atoms. The summed E-state index contributed by atoms with van der Waals surface area (Å²) in [6, 6.07) is 11.0. The summed E-state index contributed by atoms with van der Waals surface area (Å²) in [5.74, 6) is 0.198. The van der Waals surface area contributed by atoms with E-state index in [2.05, 4.69) is 9.98 Å². The third kappa shape index (κ3) is 3.43. The number of aromatic amines is 1. The number of para-hydroxylation sites is 1. The fourth-order valence-corrected chi connectivity index (χ4v) is 4.26. The van der Waals surface area contributed by atoms with Crippen LogP contribution in [-0.4, -0.2) is 42.8 Å². The first-order valence-electron chi connectivity index (χ1n) is 9.03. The molecule has 30 heavy (non-hydrogen) atoms. The van der Waals surface area contributed by atoms with Gasteiger partial charge in [0, 0.05) is 29.2 Å². The van der Waals surface area contributed by atoms with Gasteiger partial charge in [0.05, 0.1) is 37.1 Å². The zero-order valence-electron chi connectivity index (χ0n) is 16.6. The average Bonchev–Trinajstić information content (AvgIpc) is 3.34. The number of H-pyrrole nitrogens is 1. The molecule has 0 aliphatic carbocycles. The van der Waals surface area contributed by atoms with E-state index in [0.717, 1.165) is 15.6 Å². The first-order valence-corrected chi connectivity index (χ1v) is 9.84. The molecular weight excluding hydrogens is 406 g/mol. The number of hydrogen-bond acceptors (Lipinski definition) is 6. The number of methoxy groups -OCH3 is 3. The van der Waals surface area contributed by atoms with E-state index in [-0.39, 0.29) is 6.54 Å². The molecule has 4 aromatic rings. The minimum atomic E-state index is -0.453. The largest absolute Gasteiger partial charge is 0.493 e. The molecule has 0 bridgehead atoms. The van der Waals surface area contributed by atoms with Crippen LogP contribution in [0.5, 0.6) is 11.5 Å². The van der Waals surface area contributed by atoms with Crippen LogP contribution in [0, 0.1) is 0 Å². The predicted molar refractivity (Wildman–Crippen MR) is 113 cm³/mol. The fraction of sp³-hybridized carbons (Fsp3) is 0.190. The highest BCUT2D eigenvalue weighted by atomic mass is 32.1. The summed E-state index contributed by atoms with van der Waals surface area (Å²) >= 11 is 1.28. The van der Waals surface area contributed by atoms with E-state index in [0.29, 0.717) is 27.4 Å². The molecule has 1 amide bonds. The Kier molecular flexibility index (Phi) is 5.28. The van der Waals surface area contributed by atoms with Crippen molar-refractivity contribution in [3.8, 4) is 11.5 Å². The number of nitrogens with one attached hydrogen (secondary N) is 1. The topological polar surface area (TPSA) is 94.9 Å². The van der Waals surface area contributed by atoms with E-state index in [1.807, 2.05) is 24.3 Å². The number of amides is 1. The van der Waals surface area contributed by atoms with Crippen LogP contribution in [0.15, 0.2) is 47.6 Å². The normalized spacial score (nSPS) is 11.8. The second kappa shape index (κ2) is 8.03. The Morgan fingerprint density at radius 1 is 1.10 bits per heavy atom. The minimum absolute atomic E-state index is 0.0913. The zero-order chi connectivity index (χ0) is 21.3. The van der Waals surface area contributed by atoms with Crippen LogP contribution >= 0.6 is 11.3 Å². The van der Waals surface area contributed by atoms with Gasteiger partial charge in [0.2, 0.25) is 0 Å². The Labute approximate surface area is 175 Å². The Bertz CT molecular complexity index is 1330. The number of aromatic nitrogens is 2. The molecule has 4 rings (SSSR count). The number of hydrogen-bond donors (Lipinski definition) is 1. The van der Waals surface area contributed by atoms with Crippen molar-refractivity contribution in [3.05, 3.63) is 53.0 Å². The molecule has 2 aromatic heterocycles. The summed E-state index contributed by atoms with van der Waals surface area (Å²) in [7, 11) is 4.40. The molecule has 0 saturated carbocycles. The van der Waals surface area contributed by atoms with E-state index in [4.69, 9.17) is 14.2 Å². The van der Waals surface area contributed by atoms with Crippen LogP contribution < -0.4 is 14.3 Å². The van der Waals surface area contributed by atoms with Gasteiger partial charge in [-0.1, -0.05) is 29.5 Å². The van der Waals surface area contributed by atoms with Crippen LogP contribution in [0.2, 0.25) is 0 Å². The van der Waals surface area contributed by atoms with Crippen molar-refractivity contribution in [3.63, 3.8) is 0 Å². The number of esters is 1. The lowest BCUT2D eigenvalue weighted by Gasteiger charge is -2.09. The first-order chi connectivity index (χ1) is 14.5. The van der Waals surface area contributed by atoms with Crippen LogP contribution in [0.1, 0.15) is 10.4 Å². The van der Waals surface area contributed by atoms with Gasteiger partial charge < -0.3 is 23.8 Å². The summed E-state index contributed by atoms with van der Waals surface area (Å²) < 4.78 is 18.0. The maximum atomic E-state index is 13.0. The van der Waals surface area contributed by atoms with Gasteiger partial charge in [-0.15, -0.1) is 0 Å². The molecule has 0 aliphatic rings. The Morgan fingerprint density at radius 2 is 1.83 bits per heavy atom. The van der Waals surface area contributed by atoms with Crippen molar-refractivity contribution >= 4 is 44.3 Å². The van der Waals surface area contributed by atoms with Crippen molar-refractivity contribution in [2.75, 3.05) is 21.3 Å². The minimum Gasteiger partial charge on any atom is -0.493 e. The van der Waals surface area contributed by atoms with Gasteiger partial charge in [-0.05, 0) is 6.07 Å². The van der Waals surface area contributed by atoms with E-state index in [1.165, 1.54) is 25.6 Å². The summed E-state index contributed by atoms with van der Waals surface area (Å²) in [5.41, 5.74) is 2.00.